The molecule has 0 saturated heterocycles. The molecule has 19 heavy (non-hydrogen) atoms. The van der Waals surface area contributed by atoms with Gasteiger partial charge in [-0.1, -0.05) is 6.07 Å². The molecule has 0 atom stereocenters. The van der Waals surface area contributed by atoms with Crippen molar-refractivity contribution in [1.82, 2.24) is 0 Å². The lowest BCUT2D eigenvalue weighted by molar-refractivity contribution is 0.602. The quantitative estimate of drug-likeness (QED) is 0.831. The van der Waals surface area contributed by atoms with Gasteiger partial charge in [-0.15, -0.1) is 11.3 Å². The van der Waals surface area contributed by atoms with E-state index in [0.29, 0.717) is 5.69 Å². The van der Waals surface area contributed by atoms with Crippen LogP contribution in [0.1, 0.15) is 4.88 Å². The first-order valence-corrected chi connectivity index (χ1v) is 8.60. The van der Waals surface area contributed by atoms with Gasteiger partial charge in [0.1, 0.15) is 0 Å². The molecule has 0 unspecified atom stereocenters. The van der Waals surface area contributed by atoms with Crippen molar-refractivity contribution in [3.05, 3.63) is 40.6 Å². The van der Waals surface area contributed by atoms with Gasteiger partial charge in [0.25, 0.3) is 0 Å². The van der Waals surface area contributed by atoms with Gasteiger partial charge in [-0.05, 0) is 36.1 Å². The van der Waals surface area contributed by atoms with Crippen LogP contribution in [0.3, 0.4) is 0 Å². The third-order valence-corrected chi connectivity index (χ3v) is 4.76. The van der Waals surface area contributed by atoms with Crippen LogP contribution in [-0.2, 0) is 16.3 Å². The van der Waals surface area contributed by atoms with Gasteiger partial charge < -0.3 is 11.1 Å². The van der Waals surface area contributed by atoms with Crippen LogP contribution in [0.4, 0.5) is 11.4 Å². The normalized spacial score (nSPS) is 11.4. The second-order valence-electron chi connectivity index (χ2n) is 4.28. The van der Waals surface area contributed by atoms with Gasteiger partial charge >= 0.3 is 0 Å². The van der Waals surface area contributed by atoms with Crippen LogP contribution in [0.2, 0.25) is 0 Å². The summed E-state index contributed by atoms with van der Waals surface area (Å²) in [5, 5.41) is 5.26. The predicted molar refractivity (Wildman–Crippen MR) is 80.5 cm³/mol. The maximum Gasteiger partial charge on any atom is 0.175 e. The molecule has 0 saturated carbocycles. The van der Waals surface area contributed by atoms with Gasteiger partial charge in [0.05, 0.1) is 16.3 Å². The minimum Gasteiger partial charge on any atom is -0.397 e. The van der Waals surface area contributed by atoms with E-state index in [1.54, 1.807) is 23.5 Å². The summed E-state index contributed by atoms with van der Waals surface area (Å²) in [6.45, 7) is 0.767. The predicted octanol–water partition coefficient (Wildman–Crippen LogP) is 2.39. The van der Waals surface area contributed by atoms with E-state index in [1.165, 1.54) is 17.2 Å². The Morgan fingerprint density at radius 1 is 1.32 bits per heavy atom. The average molecular weight is 296 g/mol. The van der Waals surface area contributed by atoms with E-state index < -0.39 is 9.84 Å². The first kappa shape index (κ1) is 13.9. The van der Waals surface area contributed by atoms with Gasteiger partial charge in [-0.2, -0.15) is 0 Å². The molecule has 0 spiro atoms. The SMILES string of the molecule is CS(=O)(=O)c1ccc(NCCc2cccs2)c(N)c1. The summed E-state index contributed by atoms with van der Waals surface area (Å²) < 4.78 is 22.8. The molecule has 0 bridgehead atoms. The van der Waals surface area contributed by atoms with Crippen LogP contribution in [0.25, 0.3) is 0 Å². The highest BCUT2D eigenvalue weighted by Gasteiger charge is 2.09. The number of thiophene rings is 1. The number of nitrogens with one attached hydrogen (secondary N) is 1. The van der Waals surface area contributed by atoms with E-state index in [0.717, 1.165) is 18.7 Å². The Morgan fingerprint density at radius 2 is 2.11 bits per heavy atom. The molecule has 0 fully saturated rings. The van der Waals surface area contributed by atoms with Gasteiger partial charge in [0.15, 0.2) is 9.84 Å². The zero-order chi connectivity index (χ0) is 13.9. The van der Waals surface area contributed by atoms with E-state index >= 15 is 0 Å². The van der Waals surface area contributed by atoms with Gasteiger partial charge in [0.2, 0.25) is 0 Å². The highest BCUT2D eigenvalue weighted by atomic mass is 32.2. The van der Waals surface area contributed by atoms with Crippen LogP contribution < -0.4 is 11.1 Å². The Balaban J connectivity index is 2.01. The minimum absolute atomic E-state index is 0.244. The average Bonchev–Trinajstić information content (AvgIpc) is 2.83. The van der Waals surface area contributed by atoms with E-state index in [4.69, 9.17) is 5.73 Å². The maximum absolute atomic E-state index is 11.4. The molecular formula is C13H16N2O2S2. The molecular weight excluding hydrogens is 280 g/mol. The molecule has 0 aliphatic rings. The van der Waals surface area contributed by atoms with Crippen molar-refractivity contribution in [2.45, 2.75) is 11.3 Å². The summed E-state index contributed by atoms with van der Waals surface area (Å²) in [4.78, 5) is 1.55. The van der Waals surface area contributed by atoms with Crippen molar-refractivity contribution >= 4 is 32.5 Å². The summed E-state index contributed by atoms with van der Waals surface area (Å²) in [7, 11) is -3.20. The topological polar surface area (TPSA) is 72.2 Å². The van der Waals surface area contributed by atoms with E-state index in [1.807, 2.05) is 11.4 Å². The van der Waals surface area contributed by atoms with E-state index in [9.17, 15) is 8.42 Å². The van der Waals surface area contributed by atoms with Gasteiger partial charge in [0, 0.05) is 17.7 Å². The fraction of sp³-hybridized carbons (Fsp3) is 0.231. The number of hydrogen-bond donors (Lipinski definition) is 2. The second-order valence-corrected chi connectivity index (χ2v) is 7.33. The molecule has 1 aromatic carbocycles. The molecule has 4 nitrogen and oxygen atoms in total. The van der Waals surface area contributed by atoms with Gasteiger partial charge in [-0.25, -0.2) is 8.42 Å². The molecule has 1 heterocycles. The number of benzene rings is 1. The van der Waals surface area contributed by atoms with Crippen LogP contribution in [0.5, 0.6) is 0 Å². The maximum atomic E-state index is 11.4. The Hall–Kier alpha value is -1.53. The summed E-state index contributed by atoms with van der Waals surface area (Å²) in [5.74, 6) is 0. The number of nitrogen functional groups attached to an aromatic ring is 1. The summed E-state index contributed by atoms with van der Waals surface area (Å²) in [6.07, 6.45) is 2.09. The highest BCUT2D eigenvalue weighted by Crippen LogP contribution is 2.22. The van der Waals surface area contributed by atoms with Crippen molar-refractivity contribution in [3.8, 4) is 0 Å². The molecule has 0 aliphatic heterocycles. The number of nitrogens with two attached hydrogens (primary N) is 1. The number of rotatable bonds is 5. The summed E-state index contributed by atoms with van der Waals surface area (Å²) in [5.41, 5.74) is 7.07. The number of sulfone groups is 1. The zero-order valence-electron chi connectivity index (χ0n) is 10.6. The molecule has 0 amide bonds. The molecule has 2 aromatic rings. The molecule has 0 aliphatic carbocycles. The lowest BCUT2D eigenvalue weighted by atomic mass is 10.2. The fourth-order valence-electron chi connectivity index (χ4n) is 1.71. The molecule has 6 heteroatoms. The smallest absolute Gasteiger partial charge is 0.175 e. The van der Waals surface area contributed by atoms with Crippen LogP contribution in [0, 0.1) is 0 Å². The molecule has 0 radical (unpaired) electrons. The van der Waals surface area contributed by atoms with Crippen molar-refractivity contribution in [3.63, 3.8) is 0 Å². The van der Waals surface area contributed by atoms with E-state index in [-0.39, 0.29) is 4.90 Å². The largest absolute Gasteiger partial charge is 0.397 e. The first-order chi connectivity index (χ1) is 8.97. The lowest BCUT2D eigenvalue weighted by Crippen LogP contribution is -2.07. The van der Waals surface area contributed by atoms with Gasteiger partial charge in [-0.3, -0.25) is 0 Å². The fourth-order valence-corrected chi connectivity index (χ4v) is 3.07. The van der Waals surface area contributed by atoms with Crippen molar-refractivity contribution in [2.75, 3.05) is 23.9 Å². The third kappa shape index (κ3) is 3.71. The Bertz CT molecular complexity index is 649. The molecule has 3 N–H and O–H groups in total. The Morgan fingerprint density at radius 3 is 2.68 bits per heavy atom. The highest BCUT2D eigenvalue weighted by molar-refractivity contribution is 7.90. The van der Waals surface area contributed by atoms with Crippen molar-refractivity contribution < 1.29 is 8.42 Å². The summed E-state index contributed by atoms with van der Waals surface area (Å²) in [6, 6.07) is 8.87. The van der Waals surface area contributed by atoms with Crippen molar-refractivity contribution in [2.24, 2.45) is 0 Å². The minimum atomic E-state index is -3.20. The Kier molecular flexibility index (Phi) is 4.11. The number of hydrogen-bond acceptors (Lipinski definition) is 5. The van der Waals surface area contributed by atoms with E-state index in [2.05, 4.69) is 11.4 Å². The second kappa shape index (κ2) is 5.63. The zero-order valence-corrected chi connectivity index (χ0v) is 12.2. The molecule has 102 valence electrons. The monoisotopic (exact) mass is 296 g/mol. The Labute approximate surface area is 117 Å². The first-order valence-electron chi connectivity index (χ1n) is 5.82. The standard InChI is InChI=1S/C13H16N2O2S2/c1-19(16,17)11-4-5-13(12(14)9-11)15-7-6-10-3-2-8-18-10/h2-5,8-9,15H,6-7,14H2,1H3. The third-order valence-electron chi connectivity index (χ3n) is 2.72. The number of anilines is 2. The van der Waals surface area contributed by atoms with Crippen molar-refractivity contribution in [1.29, 1.82) is 0 Å². The van der Waals surface area contributed by atoms with Crippen LogP contribution in [-0.4, -0.2) is 21.2 Å². The molecule has 1 aromatic heterocycles. The van der Waals surface area contributed by atoms with Crippen LogP contribution >= 0.6 is 11.3 Å². The molecule has 2 rings (SSSR count). The lowest BCUT2D eigenvalue weighted by Gasteiger charge is -2.10. The van der Waals surface area contributed by atoms with Crippen LogP contribution in [0.15, 0.2) is 40.6 Å². The summed E-state index contributed by atoms with van der Waals surface area (Å²) >= 11 is 1.72.